The minimum absolute atomic E-state index is 0.335. The summed E-state index contributed by atoms with van der Waals surface area (Å²) >= 11 is 0. The van der Waals surface area contributed by atoms with Crippen molar-refractivity contribution in [2.24, 2.45) is 11.8 Å². The molecule has 0 spiro atoms. The van der Waals surface area contributed by atoms with E-state index in [9.17, 15) is 4.79 Å². The number of hydrogen-bond donors (Lipinski definition) is 0. The lowest BCUT2D eigenvalue weighted by Gasteiger charge is -2.21. The van der Waals surface area contributed by atoms with Crippen LogP contribution in [-0.4, -0.2) is 5.78 Å². The smallest absolute Gasteiger partial charge is 0.158 e. The van der Waals surface area contributed by atoms with Gasteiger partial charge in [-0.15, -0.1) is 0 Å². The van der Waals surface area contributed by atoms with Crippen LogP contribution in [0.25, 0.3) is 0 Å². The maximum Gasteiger partial charge on any atom is 0.158 e. The molecular formula is C10H16O. The monoisotopic (exact) mass is 152 g/mol. The van der Waals surface area contributed by atoms with Crippen molar-refractivity contribution in [2.45, 2.75) is 33.6 Å². The summed E-state index contributed by atoms with van der Waals surface area (Å²) < 4.78 is 0. The van der Waals surface area contributed by atoms with Gasteiger partial charge in [-0.25, -0.2) is 0 Å². The normalized spacial score (nSPS) is 25.6. The van der Waals surface area contributed by atoms with E-state index in [-0.39, 0.29) is 0 Å². The van der Waals surface area contributed by atoms with Crippen LogP contribution in [0.2, 0.25) is 0 Å². The van der Waals surface area contributed by atoms with Crippen LogP contribution >= 0.6 is 0 Å². The third kappa shape index (κ3) is 1.92. The van der Waals surface area contributed by atoms with Crippen LogP contribution in [0.4, 0.5) is 0 Å². The van der Waals surface area contributed by atoms with E-state index in [0.29, 0.717) is 17.6 Å². The number of Topliss-reactive ketones (excluding diaryl/α,β-unsaturated/α-hetero) is 1. The van der Waals surface area contributed by atoms with Crippen molar-refractivity contribution in [3.63, 3.8) is 0 Å². The molecule has 11 heavy (non-hydrogen) atoms. The zero-order chi connectivity index (χ0) is 8.43. The van der Waals surface area contributed by atoms with Crippen molar-refractivity contribution < 1.29 is 4.79 Å². The first-order valence-electron chi connectivity index (χ1n) is 4.33. The number of ketones is 1. The molecule has 0 aromatic heterocycles. The zero-order valence-electron chi connectivity index (χ0n) is 7.55. The van der Waals surface area contributed by atoms with Crippen molar-refractivity contribution in [1.29, 1.82) is 0 Å². The molecule has 0 bridgehead atoms. The van der Waals surface area contributed by atoms with E-state index < -0.39 is 0 Å². The highest BCUT2D eigenvalue weighted by Gasteiger charge is 2.19. The number of hydrogen-bond acceptors (Lipinski definition) is 1. The molecule has 0 N–H and O–H groups in total. The quantitative estimate of drug-likeness (QED) is 0.564. The highest BCUT2D eigenvalue weighted by Crippen LogP contribution is 2.25. The molecule has 1 aliphatic rings. The van der Waals surface area contributed by atoms with Gasteiger partial charge >= 0.3 is 0 Å². The Morgan fingerprint density at radius 1 is 1.55 bits per heavy atom. The number of carbonyl (C=O) groups is 1. The second-order valence-electron chi connectivity index (χ2n) is 3.72. The second kappa shape index (κ2) is 3.21. The van der Waals surface area contributed by atoms with E-state index in [4.69, 9.17) is 0 Å². The van der Waals surface area contributed by atoms with Gasteiger partial charge in [0.05, 0.1) is 0 Å². The lowest BCUT2D eigenvalue weighted by Crippen LogP contribution is -2.16. The maximum absolute atomic E-state index is 11.1. The van der Waals surface area contributed by atoms with Gasteiger partial charge in [-0.2, -0.15) is 0 Å². The SMILES string of the molecule is CC1=CC(C(C)C)CCC1=O. The van der Waals surface area contributed by atoms with Crippen molar-refractivity contribution in [1.82, 2.24) is 0 Å². The molecule has 0 saturated carbocycles. The predicted molar refractivity (Wildman–Crippen MR) is 46.3 cm³/mol. The molecule has 0 aliphatic heterocycles. The molecule has 0 radical (unpaired) electrons. The van der Waals surface area contributed by atoms with Gasteiger partial charge in [-0.1, -0.05) is 19.9 Å². The van der Waals surface area contributed by atoms with Crippen LogP contribution in [0.5, 0.6) is 0 Å². The highest BCUT2D eigenvalue weighted by atomic mass is 16.1. The standard InChI is InChI=1S/C10H16O/c1-7(2)9-4-5-10(11)8(3)6-9/h6-7,9H,4-5H2,1-3H3. The lowest BCUT2D eigenvalue weighted by atomic mass is 9.83. The Hall–Kier alpha value is -0.590. The molecule has 0 fully saturated rings. The van der Waals surface area contributed by atoms with Gasteiger partial charge in [0.15, 0.2) is 5.78 Å². The van der Waals surface area contributed by atoms with Gasteiger partial charge < -0.3 is 0 Å². The third-order valence-electron chi connectivity index (χ3n) is 2.46. The van der Waals surface area contributed by atoms with Gasteiger partial charge in [0.2, 0.25) is 0 Å². The van der Waals surface area contributed by atoms with Crippen molar-refractivity contribution in [3.05, 3.63) is 11.6 Å². The van der Waals surface area contributed by atoms with Crippen LogP contribution < -0.4 is 0 Å². The van der Waals surface area contributed by atoms with E-state index >= 15 is 0 Å². The maximum atomic E-state index is 11.1. The number of carbonyl (C=O) groups excluding carboxylic acids is 1. The molecule has 0 heterocycles. The van der Waals surface area contributed by atoms with Gasteiger partial charge in [0.25, 0.3) is 0 Å². The molecule has 0 aromatic carbocycles. The predicted octanol–water partition coefficient (Wildman–Crippen LogP) is 2.57. The Morgan fingerprint density at radius 3 is 2.64 bits per heavy atom. The summed E-state index contributed by atoms with van der Waals surface area (Å²) in [5, 5.41) is 0. The fourth-order valence-electron chi connectivity index (χ4n) is 1.52. The van der Waals surface area contributed by atoms with Gasteiger partial charge in [-0.3, -0.25) is 4.79 Å². The fourth-order valence-corrected chi connectivity index (χ4v) is 1.52. The molecule has 62 valence electrons. The summed E-state index contributed by atoms with van der Waals surface area (Å²) in [6.07, 6.45) is 3.94. The minimum Gasteiger partial charge on any atom is -0.295 e. The van der Waals surface area contributed by atoms with Gasteiger partial charge in [-0.05, 0) is 30.8 Å². The lowest BCUT2D eigenvalue weighted by molar-refractivity contribution is -0.116. The first-order chi connectivity index (χ1) is 5.11. The Morgan fingerprint density at radius 2 is 2.18 bits per heavy atom. The number of rotatable bonds is 1. The number of allylic oxidation sites excluding steroid dienone is 2. The molecule has 1 nitrogen and oxygen atoms in total. The van der Waals surface area contributed by atoms with E-state index in [1.807, 2.05) is 6.92 Å². The summed E-state index contributed by atoms with van der Waals surface area (Å²) in [4.78, 5) is 11.1. The Bertz CT molecular complexity index is 189. The average molecular weight is 152 g/mol. The van der Waals surface area contributed by atoms with Crippen LogP contribution in [0.3, 0.4) is 0 Å². The van der Waals surface area contributed by atoms with E-state index in [0.717, 1.165) is 18.4 Å². The minimum atomic E-state index is 0.335. The molecule has 0 aromatic rings. The molecule has 1 unspecified atom stereocenters. The Kier molecular flexibility index (Phi) is 2.48. The van der Waals surface area contributed by atoms with Crippen LogP contribution in [-0.2, 0) is 4.79 Å². The first kappa shape index (κ1) is 8.51. The van der Waals surface area contributed by atoms with Crippen LogP contribution in [0.1, 0.15) is 33.6 Å². The molecular weight excluding hydrogens is 136 g/mol. The van der Waals surface area contributed by atoms with Crippen LogP contribution in [0, 0.1) is 11.8 Å². The van der Waals surface area contributed by atoms with E-state index in [1.165, 1.54) is 0 Å². The molecule has 0 saturated heterocycles. The summed E-state index contributed by atoms with van der Waals surface area (Å²) in [6.45, 7) is 6.35. The fraction of sp³-hybridized carbons (Fsp3) is 0.700. The summed E-state index contributed by atoms with van der Waals surface area (Å²) in [6, 6.07) is 0. The zero-order valence-corrected chi connectivity index (χ0v) is 7.55. The largest absolute Gasteiger partial charge is 0.295 e. The Balaban J connectivity index is 2.69. The van der Waals surface area contributed by atoms with Gasteiger partial charge in [0, 0.05) is 6.42 Å². The topological polar surface area (TPSA) is 17.1 Å². The van der Waals surface area contributed by atoms with E-state index in [2.05, 4.69) is 19.9 Å². The first-order valence-corrected chi connectivity index (χ1v) is 4.33. The summed E-state index contributed by atoms with van der Waals surface area (Å²) in [5.41, 5.74) is 0.968. The molecule has 1 aliphatic carbocycles. The van der Waals surface area contributed by atoms with Crippen molar-refractivity contribution in [2.75, 3.05) is 0 Å². The van der Waals surface area contributed by atoms with Crippen molar-refractivity contribution in [3.8, 4) is 0 Å². The summed E-state index contributed by atoms with van der Waals surface area (Å²) in [7, 11) is 0. The average Bonchev–Trinajstić information content (AvgIpc) is 1.94. The summed E-state index contributed by atoms with van der Waals surface area (Å²) in [5.74, 6) is 1.65. The molecule has 0 amide bonds. The van der Waals surface area contributed by atoms with Gasteiger partial charge in [0.1, 0.15) is 0 Å². The molecule has 1 rings (SSSR count). The third-order valence-corrected chi connectivity index (χ3v) is 2.46. The van der Waals surface area contributed by atoms with E-state index in [1.54, 1.807) is 0 Å². The molecule has 1 heteroatoms. The van der Waals surface area contributed by atoms with Crippen molar-refractivity contribution >= 4 is 5.78 Å². The molecule has 1 atom stereocenters. The van der Waals surface area contributed by atoms with Crippen LogP contribution in [0.15, 0.2) is 11.6 Å². The Labute approximate surface area is 68.5 Å². The second-order valence-corrected chi connectivity index (χ2v) is 3.72. The highest BCUT2D eigenvalue weighted by molar-refractivity contribution is 5.95.